The second-order valence-electron chi connectivity index (χ2n) is 3.05. The van der Waals surface area contributed by atoms with Gasteiger partial charge >= 0.3 is 5.97 Å². The van der Waals surface area contributed by atoms with E-state index in [1.54, 1.807) is 0 Å². The molecule has 0 aliphatic heterocycles. The molecule has 1 heterocycles. The number of carboxylic acid groups (broad SMARTS) is 1. The smallest absolute Gasteiger partial charge is 0.324 e. The Morgan fingerprint density at radius 3 is 2.69 bits per heavy atom. The molecule has 0 aliphatic rings. The highest BCUT2D eigenvalue weighted by Gasteiger charge is 2.26. The number of H-pyrrole nitrogens is 1. The van der Waals surface area contributed by atoms with Gasteiger partial charge in [0.2, 0.25) is 10.0 Å². The van der Waals surface area contributed by atoms with Gasteiger partial charge in [-0.15, -0.1) is 0 Å². The van der Waals surface area contributed by atoms with Gasteiger partial charge in [0.05, 0.1) is 18.5 Å². The number of nitrogens with one attached hydrogen (secondary N) is 2. The van der Waals surface area contributed by atoms with Gasteiger partial charge in [-0.25, -0.2) is 8.42 Å². The summed E-state index contributed by atoms with van der Waals surface area (Å²) in [4.78, 5) is 10.4. The number of aliphatic hydroxyl groups excluding tert-OH is 1. The quantitative estimate of drug-likeness (QED) is 0.499. The van der Waals surface area contributed by atoms with E-state index in [0.29, 0.717) is 0 Å². The number of carbonyl (C=O) groups is 1. The van der Waals surface area contributed by atoms with Crippen molar-refractivity contribution in [2.75, 3.05) is 6.61 Å². The van der Waals surface area contributed by atoms with E-state index in [4.69, 9.17) is 10.2 Å². The van der Waals surface area contributed by atoms with E-state index in [1.165, 1.54) is 6.92 Å². The van der Waals surface area contributed by atoms with Crippen molar-refractivity contribution in [3.05, 3.63) is 11.9 Å². The summed E-state index contributed by atoms with van der Waals surface area (Å²) in [6, 6.07) is -1.57. The van der Waals surface area contributed by atoms with Crippen molar-refractivity contribution in [3.8, 4) is 0 Å². The molecule has 0 fully saturated rings. The van der Waals surface area contributed by atoms with Crippen LogP contribution in [0.3, 0.4) is 0 Å². The van der Waals surface area contributed by atoms with Gasteiger partial charge in [0.25, 0.3) is 0 Å². The van der Waals surface area contributed by atoms with E-state index in [1.807, 2.05) is 4.72 Å². The van der Waals surface area contributed by atoms with E-state index < -0.39 is 28.6 Å². The van der Waals surface area contributed by atoms with Gasteiger partial charge in [0.15, 0.2) is 0 Å². The number of aliphatic hydroxyl groups is 1. The normalized spacial score (nSPS) is 13.6. The lowest BCUT2D eigenvalue weighted by Gasteiger charge is -2.11. The second kappa shape index (κ2) is 4.60. The van der Waals surface area contributed by atoms with Crippen molar-refractivity contribution in [3.63, 3.8) is 0 Å². The number of aromatic amines is 1. The van der Waals surface area contributed by atoms with Gasteiger partial charge < -0.3 is 10.2 Å². The number of aryl methyl sites for hydroxylation is 1. The first kappa shape index (κ1) is 12.6. The third-order valence-corrected chi connectivity index (χ3v) is 3.44. The van der Waals surface area contributed by atoms with Crippen molar-refractivity contribution in [1.29, 1.82) is 0 Å². The number of sulfonamides is 1. The minimum atomic E-state index is -3.99. The number of hydrogen-bond donors (Lipinski definition) is 4. The van der Waals surface area contributed by atoms with Crippen molar-refractivity contribution in [2.45, 2.75) is 17.9 Å². The van der Waals surface area contributed by atoms with E-state index in [0.717, 1.165) is 6.20 Å². The molecule has 0 amide bonds. The van der Waals surface area contributed by atoms with Crippen LogP contribution in [0.4, 0.5) is 0 Å². The zero-order valence-electron chi connectivity index (χ0n) is 8.34. The molecule has 0 saturated heterocycles. The third-order valence-electron chi connectivity index (χ3n) is 1.85. The molecule has 1 rings (SSSR count). The molecule has 0 aromatic carbocycles. The molecule has 4 N–H and O–H groups in total. The number of rotatable bonds is 5. The van der Waals surface area contributed by atoms with Crippen LogP contribution in [-0.4, -0.2) is 47.4 Å². The summed E-state index contributed by atoms with van der Waals surface area (Å²) in [6.07, 6.45) is 1.06. The van der Waals surface area contributed by atoms with Gasteiger partial charge in [-0.2, -0.15) is 9.82 Å². The fourth-order valence-corrected chi connectivity index (χ4v) is 2.34. The Hall–Kier alpha value is -1.45. The molecule has 0 radical (unpaired) electrons. The molecule has 1 aromatic heterocycles. The first-order valence-electron chi connectivity index (χ1n) is 4.24. The highest BCUT2D eigenvalue weighted by atomic mass is 32.2. The summed E-state index contributed by atoms with van der Waals surface area (Å²) in [6.45, 7) is 0.655. The zero-order valence-corrected chi connectivity index (χ0v) is 9.15. The maximum absolute atomic E-state index is 11.6. The lowest BCUT2D eigenvalue weighted by molar-refractivity contribution is -0.139. The van der Waals surface area contributed by atoms with Crippen molar-refractivity contribution < 1.29 is 23.4 Å². The summed E-state index contributed by atoms with van der Waals surface area (Å²) >= 11 is 0. The fraction of sp³-hybridized carbons (Fsp3) is 0.429. The van der Waals surface area contributed by atoms with Gasteiger partial charge in [-0.1, -0.05) is 0 Å². The van der Waals surface area contributed by atoms with Gasteiger partial charge in [0, 0.05) is 0 Å². The first-order chi connectivity index (χ1) is 7.38. The van der Waals surface area contributed by atoms with Crippen LogP contribution in [0.25, 0.3) is 0 Å². The number of hydrogen-bond acceptors (Lipinski definition) is 5. The van der Waals surface area contributed by atoms with Crippen molar-refractivity contribution >= 4 is 16.0 Å². The summed E-state index contributed by atoms with van der Waals surface area (Å²) in [7, 11) is -3.99. The lowest BCUT2D eigenvalue weighted by Crippen LogP contribution is -2.43. The average molecular weight is 249 g/mol. The topological polar surface area (TPSA) is 132 Å². The Balaban J connectivity index is 2.97. The molecule has 1 atom stereocenters. The Morgan fingerprint density at radius 1 is 1.69 bits per heavy atom. The summed E-state index contributed by atoms with van der Waals surface area (Å²) < 4.78 is 25.1. The Labute approximate surface area is 91.3 Å². The minimum absolute atomic E-state index is 0.146. The fourth-order valence-electron chi connectivity index (χ4n) is 1.03. The van der Waals surface area contributed by atoms with Crippen LogP contribution in [0.15, 0.2) is 11.1 Å². The van der Waals surface area contributed by atoms with Crippen LogP contribution in [0.5, 0.6) is 0 Å². The maximum Gasteiger partial charge on any atom is 0.324 e. The van der Waals surface area contributed by atoms with Crippen LogP contribution in [0.2, 0.25) is 0 Å². The molecule has 0 spiro atoms. The van der Waals surface area contributed by atoms with Crippen LogP contribution in [0, 0.1) is 6.92 Å². The monoisotopic (exact) mass is 249 g/mol. The molecular formula is C7H11N3O5S. The summed E-state index contributed by atoms with van der Waals surface area (Å²) in [5.41, 5.74) is 0.287. The standard InChI is InChI=1S/C7H11N3O5S/c1-4-6(2-8-9-4)16(14,15)10-5(3-11)7(12)13/h2,5,10-11H,3H2,1H3,(H,8,9)(H,12,13)/t5-/m0/s1. The SMILES string of the molecule is Cc1[nH]ncc1S(=O)(=O)N[C@@H](CO)C(=O)O. The van der Waals surface area contributed by atoms with Gasteiger partial charge in [-0.05, 0) is 6.92 Å². The van der Waals surface area contributed by atoms with Crippen LogP contribution in [-0.2, 0) is 14.8 Å². The van der Waals surface area contributed by atoms with E-state index >= 15 is 0 Å². The molecule has 0 bridgehead atoms. The number of carboxylic acids is 1. The van der Waals surface area contributed by atoms with E-state index in [2.05, 4.69) is 10.2 Å². The predicted molar refractivity (Wildman–Crippen MR) is 52.2 cm³/mol. The van der Waals surface area contributed by atoms with E-state index in [9.17, 15) is 13.2 Å². The number of aliphatic carboxylic acids is 1. The highest BCUT2D eigenvalue weighted by Crippen LogP contribution is 2.11. The molecular weight excluding hydrogens is 238 g/mol. The molecule has 0 saturated carbocycles. The Bertz CT molecular complexity index is 480. The van der Waals surface area contributed by atoms with Crippen molar-refractivity contribution in [2.24, 2.45) is 0 Å². The predicted octanol–water partition coefficient (Wildman–Crippen LogP) is -1.56. The third kappa shape index (κ3) is 2.56. The maximum atomic E-state index is 11.6. The van der Waals surface area contributed by atoms with Crippen LogP contribution >= 0.6 is 0 Å². The largest absolute Gasteiger partial charge is 0.480 e. The minimum Gasteiger partial charge on any atom is -0.480 e. The molecule has 90 valence electrons. The van der Waals surface area contributed by atoms with E-state index in [-0.39, 0.29) is 10.6 Å². The van der Waals surface area contributed by atoms with Crippen LogP contribution < -0.4 is 4.72 Å². The number of nitrogens with zero attached hydrogens (tertiary/aromatic N) is 1. The molecule has 0 unspecified atom stereocenters. The molecule has 9 heteroatoms. The molecule has 16 heavy (non-hydrogen) atoms. The van der Waals surface area contributed by atoms with Gasteiger partial charge in [0.1, 0.15) is 10.9 Å². The second-order valence-corrected chi connectivity index (χ2v) is 4.74. The summed E-state index contributed by atoms with van der Waals surface area (Å²) in [5.74, 6) is -1.45. The van der Waals surface area contributed by atoms with Crippen LogP contribution in [0.1, 0.15) is 5.69 Å². The Morgan fingerprint density at radius 2 is 2.31 bits per heavy atom. The molecule has 1 aromatic rings. The van der Waals surface area contributed by atoms with Crippen molar-refractivity contribution in [1.82, 2.24) is 14.9 Å². The lowest BCUT2D eigenvalue weighted by atomic mass is 10.3. The zero-order chi connectivity index (χ0) is 12.3. The molecule has 8 nitrogen and oxygen atoms in total. The number of aromatic nitrogens is 2. The highest BCUT2D eigenvalue weighted by molar-refractivity contribution is 7.89. The Kier molecular flexibility index (Phi) is 3.62. The average Bonchev–Trinajstić information content (AvgIpc) is 2.61. The van der Waals surface area contributed by atoms with Gasteiger partial charge in [-0.3, -0.25) is 9.89 Å². The first-order valence-corrected chi connectivity index (χ1v) is 5.72. The molecule has 0 aliphatic carbocycles. The summed E-state index contributed by atoms with van der Waals surface area (Å²) in [5, 5.41) is 23.2.